The van der Waals surface area contributed by atoms with Crippen LogP contribution in [0.2, 0.25) is 0 Å². The van der Waals surface area contributed by atoms with Crippen LogP contribution in [-0.2, 0) is 14.3 Å². The normalized spacial score (nSPS) is 11.0. The van der Waals surface area contributed by atoms with Gasteiger partial charge in [0, 0.05) is 5.39 Å². The van der Waals surface area contributed by atoms with Gasteiger partial charge in [0.2, 0.25) is 0 Å². The van der Waals surface area contributed by atoms with Crippen molar-refractivity contribution >= 4 is 32.8 Å². The maximum Gasteiger partial charge on any atom is 0.296 e. The molecule has 0 spiro atoms. The van der Waals surface area contributed by atoms with E-state index in [4.69, 9.17) is 0 Å². The molecule has 0 radical (unpaired) electrons. The minimum Gasteiger partial charge on any atom is -0.267 e. The third-order valence-electron chi connectivity index (χ3n) is 3.36. The molecule has 6 heteroatoms. The lowest BCUT2D eigenvalue weighted by Gasteiger charge is -2.02. The Morgan fingerprint density at radius 3 is 2.32 bits per heavy atom. The molecule has 0 aliphatic carbocycles. The molecule has 25 heavy (non-hydrogen) atoms. The fourth-order valence-corrected chi connectivity index (χ4v) is 3.40. The molecule has 132 valence electrons. The van der Waals surface area contributed by atoms with Gasteiger partial charge in [0.1, 0.15) is 0 Å². The van der Waals surface area contributed by atoms with Gasteiger partial charge < -0.3 is 0 Å². The molecule has 0 bridgehead atoms. The minimum atomic E-state index is -3.53. The van der Waals surface area contributed by atoms with Crippen molar-refractivity contribution < 1.29 is 12.6 Å². The molecule has 0 amide bonds. The number of para-hydroxylation sites is 1. The molecule has 1 aromatic heterocycles. The Kier molecular flexibility index (Phi) is 6.99. The number of pyridine rings is 1. The summed E-state index contributed by atoms with van der Waals surface area (Å²) in [7, 11) is -3.53. The summed E-state index contributed by atoms with van der Waals surface area (Å²) in [6, 6.07) is 18.9. The smallest absolute Gasteiger partial charge is 0.267 e. The number of hydrogen-bond acceptors (Lipinski definition) is 5. The largest absolute Gasteiger partial charge is 0.296 e. The molecule has 0 N–H and O–H groups in total. The van der Waals surface area contributed by atoms with Crippen molar-refractivity contribution in [1.82, 2.24) is 4.98 Å². The summed E-state index contributed by atoms with van der Waals surface area (Å²) >= 11 is 1.67. The second kappa shape index (κ2) is 8.99. The zero-order chi connectivity index (χ0) is 18.3. The molecular formula is C19H21NO3S2. The van der Waals surface area contributed by atoms with Crippen molar-refractivity contribution in [3.63, 3.8) is 0 Å². The molecule has 0 atom stereocenters. The monoisotopic (exact) mass is 375 g/mol. The molecule has 0 saturated heterocycles. The lowest BCUT2D eigenvalue weighted by Crippen LogP contribution is -2.05. The van der Waals surface area contributed by atoms with Crippen molar-refractivity contribution in [3.8, 4) is 0 Å². The SMILES string of the molecule is CCOS(=O)(=O)c1ccc(C)cc1.CSc1ccc2ccccc2n1. The Morgan fingerprint density at radius 1 is 1.00 bits per heavy atom. The predicted molar refractivity (Wildman–Crippen MR) is 104 cm³/mol. The van der Waals surface area contributed by atoms with E-state index < -0.39 is 10.1 Å². The van der Waals surface area contributed by atoms with E-state index in [1.54, 1.807) is 43.0 Å². The molecule has 0 fully saturated rings. The van der Waals surface area contributed by atoms with Gasteiger partial charge in [-0.25, -0.2) is 4.98 Å². The number of benzene rings is 2. The molecule has 3 aromatic rings. The second-order valence-electron chi connectivity index (χ2n) is 5.22. The van der Waals surface area contributed by atoms with Gasteiger partial charge in [-0.1, -0.05) is 42.0 Å². The number of aryl methyl sites for hydroxylation is 1. The van der Waals surface area contributed by atoms with E-state index >= 15 is 0 Å². The van der Waals surface area contributed by atoms with Gasteiger partial charge in [0.15, 0.2) is 0 Å². The number of aromatic nitrogens is 1. The zero-order valence-electron chi connectivity index (χ0n) is 14.5. The molecule has 1 heterocycles. The molecule has 0 aliphatic rings. The maximum absolute atomic E-state index is 11.3. The van der Waals surface area contributed by atoms with Gasteiger partial charge in [-0.05, 0) is 44.4 Å². The first kappa shape index (κ1) is 19.4. The Bertz CT molecular complexity index is 923. The average Bonchev–Trinajstić information content (AvgIpc) is 2.62. The first-order chi connectivity index (χ1) is 12.0. The Hall–Kier alpha value is -1.89. The lowest BCUT2D eigenvalue weighted by atomic mass is 10.2. The van der Waals surface area contributed by atoms with Crippen LogP contribution in [0.5, 0.6) is 0 Å². The standard InChI is InChI=1S/C10H9NS.C9H12O3S/c1-12-10-7-6-8-4-2-3-5-9(8)11-10;1-3-12-13(10,11)9-6-4-8(2)5-7-9/h2-7H,1H3;4-7H,3H2,1-2H3. The molecule has 0 aliphatic heterocycles. The van der Waals surface area contributed by atoms with E-state index in [1.165, 1.54) is 5.39 Å². The van der Waals surface area contributed by atoms with E-state index in [1.807, 2.05) is 37.4 Å². The summed E-state index contributed by atoms with van der Waals surface area (Å²) in [5.74, 6) is 0. The summed E-state index contributed by atoms with van der Waals surface area (Å²) in [6.45, 7) is 3.71. The molecular weight excluding hydrogens is 354 g/mol. The van der Waals surface area contributed by atoms with Crippen LogP contribution in [0.25, 0.3) is 10.9 Å². The summed E-state index contributed by atoms with van der Waals surface area (Å²) in [5, 5.41) is 2.28. The third-order valence-corrected chi connectivity index (χ3v) is 5.41. The quantitative estimate of drug-likeness (QED) is 0.490. The Labute approximate surface area is 153 Å². The Balaban J connectivity index is 0.000000181. The number of thioether (sulfide) groups is 1. The fourth-order valence-electron chi connectivity index (χ4n) is 2.09. The van der Waals surface area contributed by atoms with Gasteiger partial charge in [0.05, 0.1) is 22.0 Å². The van der Waals surface area contributed by atoms with E-state index in [0.29, 0.717) is 0 Å². The van der Waals surface area contributed by atoms with E-state index in [-0.39, 0.29) is 11.5 Å². The van der Waals surface area contributed by atoms with Gasteiger partial charge in [-0.2, -0.15) is 8.42 Å². The summed E-state index contributed by atoms with van der Waals surface area (Å²) in [4.78, 5) is 4.66. The number of nitrogens with zero attached hydrogens (tertiary/aromatic N) is 1. The van der Waals surface area contributed by atoms with E-state index in [0.717, 1.165) is 16.1 Å². The van der Waals surface area contributed by atoms with Crippen molar-refractivity contribution in [3.05, 3.63) is 66.2 Å². The van der Waals surface area contributed by atoms with Crippen LogP contribution in [-0.4, -0.2) is 26.3 Å². The molecule has 4 nitrogen and oxygen atoms in total. The van der Waals surface area contributed by atoms with Crippen LogP contribution in [0.4, 0.5) is 0 Å². The summed E-state index contributed by atoms with van der Waals surface area (Å²) < 4.78 is 27.3. The summed E-state index contributed by atoms with van der Waals surface area (Å²) in [6.07, 6.45) is 2.04. The third kappa shape index (κ3) is 5.56. The first-order valence-electron chi connectivity index (χ1n) is 7.82. The van der Waals surface area contributed by atoms with Gasteiger partial charge in [-0.3, -0.25) is 4.18 Å². The highest BCUT2D eigenvalue weighted by molar-refractivity contribution is 7.98. The van der Waals surface area contributed by atoms with Gasteiger partial charge in [0.25, 0.3) is 10.1 Å². The van der Waals surface area contributed by atoms with Crippen molar-refractivity contribution in [2.24, 2.45) is 0 Å². The zero-order valence-corrected chi connectivity index (χ0v) is 16.1. The molecule has 0 unspecified atom stereocenters. The minimum absolute atomic E-state index is 0.163. The highest BCUT2D eigenvalue weighted by atomic mass is 32.2. The van der Waals surface area contributed by atoms with Gasteiger partial charge >= 0.3 is 0 Å². The topological polar surface area (TPSA) is 56.3 Å². The summed E-state index contributed by atoms with van der Waals surface area (Å²) in [5.41, 5.74) is 2.10. The number of hydrogen-bond donors (Lipinski definition) is 0. The Morgan fingerprint density at radius 2 is 1.68 bits per heavy atom. The van der Waals surface area contributed by atoms with Crippen molar-refractivity contribution in [2.75, 3.05) is 12.9 Å². The lowest BCUT2D eigenvalue weighted by molar-refractivity contribution is 0.338. The molecule has 3 rings (SSSR count). The van der Waals surface area contributed by atoms with Crippen LogP contribution in [0.1, 0.15) is 12.5 Å². The average molecular weight is 376 g/mol. The predicted octanol–water partition coefficient (Wildman–Crippen LogP) is 4.68. The van der Waals surface area contributed by atoms with E-state index in [2.05, 4.69) is 21.3 Å². The molecule has 0 saturated carbocycles. The first-order valence-corrected chi connectivity index (χ1v) is 10.5. The number of fused-ring (bicyclic) bond motifs is 1. The van der Waals surface area contributed by atoms with Crippen molar-refractivity contribution in [2.45, 2.75) is 23.8 Å². The van der Waals surface area contributed by atoms with Crippen LogP contribution in [0.15, 0.2) is 70.6 Å². The highest BCUT2D eigenvalue weighted by Gasteiger charge is 2.12. The highest BCUT2D eigenvalue weighted by Crippen LogP contribution is 2.17. The van der Waals surface area contributed by atoms with Crippen LogP contribution in [0.3, 0.4) is 0 Å². The molecule has 2 aromatic carbocycles. The van der Waals surface area contributed by atoms with Crippen LogP contribution < -0.4 is 0 Å². The maximum atomic E-state index is 11.3. The second-order valence-corrected chi connectivity index (χ2v) is 7.66. The van der Waals surface area contributed by atoms with Crippen LogP contribution >= 0.6 is 11.8 Å². The number of rotatable bonds is 4. The van der Waals surface area contributed by atoms with Gasteiger partial charge in [-0.15, -0.1) is 11.8 Å². The van der Waals surface area contributed by atoms with Crippen molar-refractivity contribution in [1.29, 1.82) is 0 Å². The fraction of sp³-hybridized carbons (Fsp3) is 0.211. The van der Waals surface area contributed by atoms with Crippen LogP contribution in [0, 0.1) is 6.92 Å². The van der Waals surface area contributed by atoms with E-state index in [9.17, 15) is 8.42 Å².